The van der Waals surface area contributed by atoms with Crippen LogP contribution in [0.1, 0.15) is 36.4 Å². The summed E-state index contributed by atoms with van der Waals surface area (Å²) in [5, 5.41) is 14.7. The van der Waals surface area contributed by atoms with Gasteiger partial charge in [-0.25, -0.2) is 0 Å². The second-order valence-electron chi connectivity index (χ2n) is 6.10. The summed E-state index contributed by atoms with van der Waals surface area (Å²) in [5.41, 5.74) is 2.11. The lowest BCUT2D eigenvalue weighted by Crippen LogP contribution is -2.47. The van der Waals surface area contributed by atoms with Crippen LogP contribution < -0.4 is 5.32 Å². The van der Waals surface area contributed by atoms with Crippen molar-refractivity contribution in [3.63, 3.8) is 0 Å². The minimum atomic E-state index is -0.596. The fourth-order valence-electron chi connectivity index (χ4n) is 3.55. The van der Waals surface area contributed by atoms with E-state index in [0.717, 1.165) is 45.3 Å². The first-order valence-corrected chi connectivity index (χ1v) is 7.41. The molecule has 1 aromatic carbocycles. The molecule has 2 atom stereocenters. The van der Waals surface area contributed by atoms with Crippen LogP contribution >= 0.6 is 0 Å². The van der Waals surface area contributed by atoms with E-state index in [1.54, 1.807) is 0 Å². The summed E-state index contributed by atoms with van der Waals surface area (Å²) >= 11 is 0. The van der Waals surface area contributed by atoms with Crippen molar-refractivity contribution in [3.8, 4) is 0 Å². The minimum Gasteiger partial charge on any atom is -0.388 e. The summed E-state index contributed by atoms with van der Waals surface area (Å²) in [6.45, 7) is 3.05. The molecule has 1 saturated heterocycles. The Morgan fingerprint density at radius 1 is 1.26 bits per heavy atom. The summed E-state index contributed by atoms with van der Waals surface area (Å²) in [6.07, 6.45) is 3.90. The Morgan fingerprint density at radius 2 is 2.11 bits per heavy atom. The highest BCUT2D eigenvalue weighted by Gasteiger charge is 2.40. The highest BCUT2D eigenvalue weighted by molar-refractivity contribution is 5.34. The third-order valence-electron chi connectivity index (χ3n) is 4.72. The molecule has 3 heteroatoms. The maximum absolute atomic E-state index is 11.2. The van der Waals surface area contributed by atoms with Crippen LogP contribution in [0, 0.1) is 0 Å². The Bertz CT molecular complexity index is 448. The van der Waals surface area contributed by atoms with Gasteiger partial charge in [0.25, 0.3) is 0 Å². The molecule has 2 heterocycles. The molecule has 0 bridgehead atoms. The molecule has 0 aliphatic carbocycles. The predicted octanol–water partition coefficient (Wildman–Crippen LogP) is 1.72. The zero-order valence-corrected chi connectivity index (χ0v) is 11.7. The number of aliphatic hydroxyl groups is 1. The van der Waals surface area contributed by atoms with E-state index >= 15 is 0 Å². The number of fused-ring (bicyclic) bond motifs is 1. The van der Waals surface area contributed by atoms with Crippen LogP contribution in [-0.4, -0.2) is 42.3 Å². The van der Waals surface area contributed by atoms with Gasteiger partial charge >= 0.3 is 0 Å². The fourth-order valence-corrected chi connectivity index (χ4v) is 3.55. The largest absolute Gasteiger partial charge is 0.388 e. The molecule has 0 saturated carbocycles. The standard InChI is InChI=1S/C16H24N2O/c1-18-11-4-8-16(19,9-12-18)15-14-6-3-2-5-13(14)7-10-17-15/h2-3,5-6,15,17,19H,4,7-12H2,1H3. The predicted molar refractivity (Wildman–Crippen MR) is 77.2 cm³/mol. The molecule has 3 nitrogen and oxygen atoms in total. The van der Waals surface area contributed by atoms with Gasteiger partial charge in [-0.15, -0.1) is 0 Å². The zero-order valence-electron chi connectivity index (χ0n) is 11.7. The second-order valence-corrected chi connectivity index (χ2v) is 6.10. The van der Waals surface area contributed by atoms with E-state index in [0.29, 0.717) is 0 Å². The molecule has 1 aromatic rings. The molecular weight excluding hydrogens is 236 g/mol. The normalized spacial score (nSPS) is 32.6. The van der Waals surface area contributed by atoms with Gasteiger partial charge in [0.15, 0.2) is 0 Å². The zero-order chi connectivity index (χ0) is 13.3. The molecule has 2 unspecified atom stereocenters. The number of likely N-dealkylation sites (tertiary alicyclic amines) is 1. The van der Waals surface area contributed by atoms with Crippen LogP contribution in [0.3, 0.4) is 0 Å². The van der Waals surface area contributed by atoms with Gasteiger partial charge < -0.3 is 15.3 Å². The monoisotopic (exact) mass is 260 g/mol. The van der Waals surface area contributed by atoms with Crippen molar-refractivity contribution < 1.29 is 5.11 Å². The number of rotatable bonds is 1. The van der Waals surface area contributed by atoms with Crippen molar-refractivity contribution >= 4 is 0 Å². The van der Waals surface area contributed by atoms with E-state index < -0.39 is 5.60 Å². The molecule has 2 N–H and O–H groups in total. The van der Waals surface area contributed by atoms with Crippen molar-refractivity contribution in [1.82, 2.24) is 10.2 Å². The van der Waals surface area contributed by atoms with Gasteiger partial charge in [0, 0.05) is 6.54 Å². The Labute approximate surface area is 115 Å². The second kappa shape index (κ2) is 5.23. The summed E-state index contributed by atoms with van der Waals surface area (Å²) in [4.78, 5) is 2.33. The van der Waals surface area contributed by atoms with Crippen molar-refractivity contribution in [2.24, 2.45) is 0 Å². The number of nitrogens with one attached hydrogen (secondary N) is 1. The first-order valence-electron chi connectivity index (χ1n) is 7.41. The third-order valence-corrected chi connectivity index (χ3v) is 4.72. The van der Waals surface area contributed by atoms with Crippen molar-refractivity contribution in [2.75, 3.05) is 26.7 Å². The van der Waals surface area contributed by atoms with Crippen LogP contribution in [-0.2, 0) is 6.42 Å². The van der Waals surface area contributed by atoms with E-state index in [4.69, 9.17) is 0 Å². The summed E-state index contributed by atoms with van der Waals surface area (Å²) in [5.74, 6) is 0. The molecule has 0 aromatic heterocycles. The van der Waals surface area contributed by atoms with Gasteiger partial charge in [-0.05, 0) is 56.9 Å². The van der Waals surface area contributed by atoms with E-state index in [1.165, 1.54) is 11.1 Å². The Kier molecular flexibility index (Phi) is 3.61. The van der Waals surface area contributed by atoms with Crippen molar-refractivity contribution in [1.29, 1.82) is 0 Å². The quantitative estimate of drug-likeness (QED) is 0.807. The molecule has 19 heavy (non-hydrogen) atoms. The van der Waals surface area contributed by atoms with Crippen LogP contribution in [0.5, 0.6) is 0 Å². The van der Waals surface area contributed by atoms with E-state index in [1.807, 2.05) is 0 Å². The highest BCUT2D eigenvalue weighted by Crippen LogP contribution is 2.37. The summed E-state index contributed by atoms with van der Waals surface area (Å²) in [7, 11) is 2.15. The van der Waals surface area contributed by atoms with Crippen molar-refractivity contribution in [2.45, 2.75) is 37.3 Å². The maximum atomic E-state index is 11.2. The average Bonchev–Trinajstić information content (AvgIpc) is 2.61. The first kappa shape index (κ1) is 13.1. The molecule has 104 valence electrons. The van der Waals surface area contributed by atoms with Crippen LogP contribution in [0.4, 0.5) is 0 Å². The van der Waals surface area contributed by atoms with Gasteiger partial charge in [0.05, 0.1) is 11.6 Å². The maximum Gasteiger partial charge on any atom is 0.0854 e. The lowest BCUT2D eigenvalue weighted by atomic mass is 9.79. The van der Waals surface area contributed by atoms with E-state index in [-0.39, 0.29) is 6.04 Å². The Balaban J connectivity index is 1.89. The molecule has 0 spiro atoms. The molecule has 2 aliphatic rings. The average molecular weight is 260 g/mol. The molecular formula is C16H24N2O. The van der Waals surface area contributed by atoms with E-state index in [9.17, 15) is 5.11 Å². The summed E-state index contributed by atoms with van der Waals surface area (Å²) in [6, 6.07) is 8.68. The molecule has 2 aliphatic heterocycles. The number of hydrogen-bond donors (Lipinski definition) is 2. The topological polar surface area (TPSA) is 35.5 Å². The summed E-state index contributed by atoms with van der Waals surface area (Å²) < 4.78 is 0. The van der Waals surface area contributed by atoms with Crippen LogP contribution in [0.25, 0.3) is 0 Å². The number of nitrogens with zero attached hydrogens (tertiary/aromatic N) is 1. The van der Waals surface area contributed by atoms with Crippen molar-refractivity contribution in [3.05, 3.63) is 35.4 Å². The van der Waals surface area contributed by atoms with E-state index in [2.05, 4.69) is 41.5 Å². The number of benzene rings is 1. The van der Waals surface area contributed by atoms with Gasteiger partial charge in [-0.2, -0.15) is 0 Å². The molecule has 3 rings (SSSR count). The van der Waals surface area contributed by atoms with Crippen LogP contribution in [0.2, 0.25) is 0 Å². The molecule has 0 amide bonds. The minimum absolute atomic E-state index is 0.101. The first-order chi connectivity index (χ1) is 9.19. The Morgan fingerprint density at radius 3 is 3.00 bits per heavy atom. The Hall–Kier alpha value is -0.900. The highest BCUT2D eigenvalue weighted by atomic mass is 16.3. The third kappa shape index (κ3) is 2.55. The van der Waals surface area contributed by atoms with Crippen LogP contribution in [0.15, 0.2) is 24.3 Å². The van der Waals surface area contributed by atoms with Gasteiger partial charge in [0.1, 0.15) is 0 Å². The lowest BCUT2D eigenvalue weighted by Gasteiger charge is -2.40. The fraction of sp³-hybridized carbons (Fsp3) is 0.625. The lowest BCUT2D eigenvalue weighted by molar-refractivity contribution is -0.0143. The van der Waals surface area contributed by atoms with Gasteiger partial charge in [0.2, 0.25) is 0 Å². The van der Waals surface area contributed by atoms with Gasteiger partial charge in [-0.1, -0.05) is 24.3 Å². The number of hydrogen-bond acceptors (Lipinski definition) is 3. The van der Waals surface area contributed by atoms with Gasteiger partial charge in [-0.3, -0.25) is 0 Å². The smallest absolute Gasteiger partial charge is 0.0854 e. The SMILES string of the molecule is CN1CCCC(O)(C2NCCc3ccccc32)CC1. The molecule has 1 fully saturated rings. The molecule has 0 radical (unpaired) electrons.